The molecule has 0 unspecified atom stereocenters. The summed E-state index contributed by atoms with van der Waals surface area (Å²) >= 11 is 0. The van der Waals surface area contributed by atoms with Crippen molar-refractivity contribution in [2.24, 2.45) is 0 Å². The molecule has 0 aliphatic carbocycles. The number of carbonyl (C=O) groups excluding carboxylic acids is 1. The Hall–Kier alpha value is -2.71. The molecule has 0 radical (unpaired) electrons. The highest BCUT2D eigenvalue weighted by Crippen LogP contribution is 2.23. The van der Waals surface area contributed by atoms with Crippen LogP contribution in [0.4, 0.5) is 0 Å². The maximum Gasteiger partial charge on any atom is 0.242 e. The summed E-state index contributed by atoms with van der Waals surface area (Å²) in [6.45, 7) is 5.93. The van der Waals surface area contributed by atoms with E-state index in [0.29, 0.717) is 38.0 Å². The molecule has 0 aliphatic heterocycles. The van der Waals surface area contributed by atoms with E-state index in [0.717, 1.165) is 16.9 Å². The summed E-state index contributed by atoms with van der Waals surface area (Å²) in [6.07, 6.45) is 0.856. The number of rotatable bonds is 9. The molecule has 1 heterocycles. The van der Waals surface area contributed by atoms with Gasteiger partial charge in [-0.3, -0.25) is 4.79 Å². The molecule has 0 N–H and O–H groups in total. The number of hydrogen-bond acceptors (Lipinski definition) is 4. The lowest BCUT2D eigenvalue weighted by Gasteiger charge is -2.21. The molecule has 166 valence electrons. The van der Waals surface area contributed by atoms with Crippen LogP contribution in [0.1, 0.15) is 31.7 Å². The molecule has 2 aromatic carbocycles. The van der Waals surface area contributed by atoms with Crippen molar-refractivity contribution in [2.75, 3.05) is 20.6 Å². The zero-order chi connectivity index (χ0) is 22.6. The van der Waals surface area contributed by atoms with E-state index in [4.69, 9.17) is 0 Å². The zero-order valence-electron chi connectivity index (χ0n) is 18.6. The summed E-state index contributed by atoms with van der Waals surface area (Å²) in [7, 11) is -0.505. The van der Waals surface area contributed by atoms with Crippen LogP contribution in [0, 0.1) is 0 Å². The first-order chi connectivity index (χ1) is 14.8. The van der Waals surface area contributed by atoms with Gasteiger partial charge in [0.05, 0.1) is 15.9 Å². The fraction of sp³-hybridized carbons (Fsp3) is 0.391. The molecule has 0 bridgehead atoms. The van der Waals surface area contributed by atoms with Crippen LogP contribution in [0.25, 0.3) is 11.0 Å². The molecular weight excluding hydrogens is 412 g/mol. The molecule has 0 aliphatic rings. The summed E-state index contributed by atoms with van der Waals surface area (Å²) in [5, 5.41) is 0. The Morgan fingerprint density at radius 3 is 2.39 bits per heavy atom. The average Bonchev–Trinajstić information content (AvgIpc) is 3.13. The molecule has 3 rings (SSSR count). The summed E-state index contributed by atoms with van der Waals surface area (Å²) in [4.78, 5) is 19.6. The Balaban J connectivity index is 1.79. The molecule has 3 aromatic rings. The minimum absolute atomic E-state index is 0.0805. The quantitative estimate of drug-likeness (QED) is 0.510. The number of imidazole rings is 1. The lowest BCUT2D eigenvalue weighted by molar-refractivity contribution is -0.131. The Kier molecular flexibility index (Phi) is 7.12. The molecule has 7 nitrogen and oxygen atoms in total. The van der Waals surface area contributed by atoms with Crippen molar-refractivity contribution in [1.29, 1.82) is 0 Å². The van der Waals surface area contributed by atoms with E-state index in [1.807, 2.05) is 53.6 Å². The summed E-state index contributed by atoms with van der Waals surface area (Å²) in [5.74, 6) is 0.873. The fourth-order valence-corrected chi connectivity index (χ4v) is 4.55. The van der Waals surface area contributed by atoms with Crippen LogP contribution in [0.15, 0.2) is 53.4 Å². The van der Waals surface area contributed by atoms with E-state index >= 15 is 0 Å². The largest absolute Gasteiger partial charge is 0.339 e. The van der Waals surface area contributed by atoms with E-state index in [9.17, 15) is 13.2 Å². The van der Waals surface area contributed by atoms with E-state index in [1.165, 1.54) is 18.4 Å². The Morgan fingerprint density at radius 2 is 1.77 bits per heavy atom. The van der Waals surface area contributed by atoms with Crippen LogP contribution in [0.5, 0.6) is 0 Å². The van der Waals surface area contributed by atoms with Gasteiger partial charge in [-0.05, 0) is 37.6 Å². The number of carbonyl (C=O) groups is 1. The first kappa shape index (κ1) is 23.0. The van der Waals surface area contributed by atoms with E-state index in [2.05, 4.69) is 4.98 Å². The van der Waals surface area contributed by atoms with Gasteiger partial charge < -0.3 is 9.47 Å². The van der Waals surface area contributed by atoms with Crippen LogP contribution in [-0.2, 0) is 34.3 Å². The first-order valence-electron chi connectivity index (χ1n) is 10.5. The molecule has 0 saturated carbocycles. The second-order valence-electron chi connectivity index (χ2n) is 7.60. The predicted octanol–water partition coefficient (Wildman–Crippen LogP) is 3.29. The lowest BCUT2D eigenvalue weighted by Crippen LogP contribution is -2.30. The second-order valence-corrected chi connectivity index (χ2v) is 9.76. The van der Waals surface area contributed by atoms with E-state index < -0.39 is 10.0 Å². The summed E-state index contributed by atoms with van der Waals surface area (Å²) in [5.41, 5.74) is 2.61. The van der Waals surface area contributed by atoms with Gasteiger partial charge in [-0.2, -0.15) is 0 Å². The van der Waals surface area contributed by atoms with Gasteiger partial charge in [0.25, 0.3) is 0 Å². The van der Waals surface area contributed by atoms with Gasteiger partial charge in [0.1, 0.15) is 5.82 Å². The lowest BCUT2D eigenvalue weighted by atomic mass is 10.2. The fourth-order valence-electron chi connectivity index (χ4n) is 3.63. The van der Waals surface area contributed by atoms with Crippen LogP contribution >= 0.6 is 0 Å². The van der Waals surface area contributed by atoms with Gasteiger partial charge >= 0.3 is 0 Å². The number of aromatic nitrogens is 2. The standard InChI is InChI=1S/C23H30N4O3S/c1-5-26(17-18-10-8-7-9-11-18)23(28)15-14-22-24-20-16-19(31(29,30)25(3)4)12-13-21(20)27(22)6-2/h7-13,16H,5-6,14-15,17H2,1-4H3. The highest BCUT2D eigenvalue weighted by Gasteiger charge is 2.20. The number of benzene rings is 2. The molecule has 1 aromatic heterocycles. The third-order valence-corrected chi connectivity index (χ3v) is 7.22. The number of sulfonamides is 1. The zero-order valence-corrected chi connectivity index (χ0v) is 19.4. The SMILES string of the molecule is CCN(Cc1ccccc1)C(=O)CCc1nc2cc(S(=O)(=O)N(C)C)ccc2n1CC. The first-order valence-corrected chi connectivity index (χ1v) is 11.9. The number of hydrogen-bond donors (Lipinski definition) is 0. The van der Waals surface area contributed by atoms with Gasteiger partial charge in [0.2, 0.25) is 15.9 Å². The predicted molar refractivity (Wildman–Crippen MR) is 122 cm³/mol. The van der Waals surface area contributed by atoms with Crippen molar-refractivity contribution in [3.8, 4) is 0 Å². The molecule has 0 atom stereocenters. The van der Waals surface area contributed by atoms with Gasteiger partial charge in [-0.25, -0.2) is 17.7 Å². The number of nitrogens with zero attached hydrogens (tertiary/aromatic N) is 4. The van der Waals surface area contributed by atoms with Crippen LogP contribution in [-0.4, -0.2) is 53.7 Å². The van der Waals surface area contributed by atoms with Gasteiger partial charge in [-0.15, -0.1) is 0 Å². The molecule has 1 amide bonds. The van der Waals surface area contributed by atoms with E-state index in [1.54, 1.807) is 18.2 Å². The highest BCUT2D eigenvalue weighted by atomic mass is 32.2. The molecule has 0 fully saturated rings. The summed E-state index contributed by atoms with van der Waals surface area (Å²) < 4.78 is 28.1. The van der Waals surface area contributed by atoms with Crippen molar-refractivity contribution in [2.45, 2.75) is 44.7 Å². The number of fused-ring (bicyclic) bond motifs is 1. The molecule has 0 spiro atoms. The van der Waals surface area contributed by atoms with Gasteiger partial charge in [0, 0.05) is 46.6 Å². The van der Waals surface area contributed by atoms with Crippen LogP contribution in [0.2, 0.25) is 0 Å². The Morgan fingerprint density at radius 1 is 1.06 bits per heavy atom. The minimum atomic E-state index is -3.53. The highest BCUT2D eigenvalue weighted by molar-refractivity contribution is 7.89. The average molecular weight is 443 g/mol. The number of amides is 1. The third-order valence-electron chi connectivity index (χ3n) is 5.41. The van der Waals surface area contributed by atoms with Crippen molar-refractivity contribution < 1.29 is 13.2 Å². The van der Waals surface area contributed by atoms with Crippen molar-refractivity contribution in [3.63, 3.8) is 0 Å². The molecular formula is C23H30N4O3S. The molecule has 8 heteroatoms. The van der Waals surface area contributed by atoms with Crippen LogP contribution < -0.4 is 0 Å². The molecule has 0 saturated heterocycles. The maximum atomic E-state index is 12.8. The van der Waals surface area contributed by atoms with Gasteiger partial charge in [-0.1, -0.05) is 30.3 Å². The van der Waals surface area contributed by atoms with E-state index in [-0.39, 0.29) is 10.8 Å². The van der Waals surface area contributed by atoms with Crippen molar-refractivity contribution in [3.05, 3.63) is 59.9 Å². The monoisotopic (exact) mass is 442 g/mol. The second kappa shape index (κ2) is 9.62. The smallest absolute Gasteiger partial charge is 0.242 e. The normalized spacial score (nSPS) is 11.9. The topological polar surface area (TPSA) is 75.5 Å². The maximum absolute atomic E-state index is 12.8. The third kappa shape index (κ3) is 4.97. The van der Waals surface area contributed by atoms with Gasteiger partial charge in [0.15, 0.2) is 0 Å². The Labute approximate surface area is 184 Å². The summed E-state index contributed by atoms with van der Waals surface area (Å²) in [6, 6.07) is 15.0. The molecule has 31 heavy (non-hydrogen) atoms. The van der Waals surface area contributed by atoms with Crippen molar-refractivity contribution in [1.82, 2.24) is 18.8 Å². The van der Waals surface area contributed by atoms with Crippen molar-refractivity contribution >= 4 is 27.0 Å². The number of aryl methyl sites for hydroxylation is 2. The minimum Gasteiger partial charge on any atom is -0.339 e. The van der Waals surface area contributed by atoms with Crippen LogP contribution in [0.3, 0.4) is 0 Å². The Bertz CT molecular complexity index is 1150.